The largest absolute Gasteiger partial charge is 0.342 e. The molecule has 1 heterocycles. The Kier molecular flexibility index (Phi) is 5.12. The lowest BCUT2D eigenvalue weighted by Crippen LogP contribution is -2.30. The van der Waals surface area contributed by atoms with Gasteiger partial charge in [-0.3, -0.25) is 9.59 Å². The van der Waals surface area contributed by atoms with Gasteiger partial charge in [-0.25, -0.2) is 4.39 Å². The van der Waals surface area contributed by atoms with Crippen LogP contribution in [0.5, 0.6) is 0 Å². The standard InChI is InChI=1S/C20H21FN2O2/c1-14-7-8-17(21)12-18(14)22-20(25)16-11-19(24)23(13-16)10-9-15-5-3-2-4-6-15/h2-8,12,16H,9-11,13H2,1H3,(H,22,25)/t16-/m1/s1. The molecule has 2 aromatic carbocycles. The van der Waals surface area contributed by atoms with Crippen molar-refractivity contribution in [3.8, 4) is 0 Å². The van der Waals surface area contributed by atoms with Crippen molar-refractivity contribution in [2.24, 2.45) is 5.92 Å². The molecule has 130 valence electrons. The number of carbonyl (C=O) groups is 2. The summed E-state index contributed by atoms with van der Waals surface area (Å²) in [6.45, 7) is 2.82. The lowest BCUT2D eigenvalue weighted by atomic mass is 10.1. The average Bonchev–Trinajstić information content (AvgIpc) is 2.98. The number of likely N-dealkylation sites (tertiary alicyclic amines) is 1. The van der Waals surface area contributed by atoms with E-state index < -0.39 is 11.7 Å². The van der Waals surface area contributed by atoms with Gasteiger partial charge in [-0.15, -0.1) is 0 Å². The highest BCUT2D eigenvalue weighted by molar-refractivity contribution is 5.97. The van der Waals surface area contributed by atoms with E-state index in [1.54, 1.807) is 17.9 Å². The monoisotopic (exact) mass is 340 g/mol. The molecule has 2 aromatic rings. The van der Waals surface area contributed by atoms with Gasteiger partial charge in [0.2, 0.25) is 11.8 Å². The van der Waals surface area contributed by atoms with Gasteiger partial charge in [0, 0.05) is 25.2 Å². The van der Waals surface area contributed by atoms with E-state index in [0.717, 1.165) is 12.0 Å². The molecule has 0 saturated carbocycles. The zero-order valence-electron chi connectivity index (χ0n) is 14.2. The molecule has 25 heavy (non-hydrogen) atoms. The van der Waals surface area contributed by atoms with E-state index in [1.807, 2.05) is 30.3 Å². The number of nitrogens with zero attached hydrogens (tertiary/aromatic N) is 1. The highest BCUT2D eigenvalue weighted by Crippen LogP contribution is 2.22. The van der Waals surface area contributed by atoms with Crippen molar-refractivity contribution in [3.63, 3.8) is 0 Å². The number of rotatable bonds is 5. The predicted molar refractivity (Wildman–Crippen MR) is 94.6 cm³/mol. The second-order valence-corrected chi connectivity index (χ2v) is 6.42. The third-order valence-corrected chi connectivity index (χ3v) is 4.56. The summed E-state index contributed by atoms with van der Waals surface area (Å²) in [5, 5.41) is 2.75. The fourth-order valence-corrected chi connectivity index (χ4v) is 3.04. The molecular weight excluding hydrogens is 319 g/mol. The molecule has 0 spiro atoms. The maximum Gasteiger partial charge on any atom is 0.229 e. The van der Waals surface area contributed by atoms with Gasteiger partial charge in [-0.1, -0.05) is 36.4 Å². The first-order chi connectivity index (χ1) is 12.0. The zero-order chi connectivity index (χ0) is 17.8. The van der Waals surface area contributed by atoms with Crippen LogP contribution in [0.25, 0.3) is 0 Å². The highest BCUT2D eigenvalue weighted by atomic mass is 19.1. The fourth-order valence-electron chi connectivity index (χ4n) is 3.04. The molecule has 4 nitrogen and oxygen atoms in total. The van der Waals surface area contributed by atoms with Crippen molar-refractivity contribution >= 4 is 17.5 Å². The maximum atomic E-state index is 13.3. The summed E-state index contributed by atoms with van der Waals surface area (Å²) < 4.78 is 13.3. The van der Waals surface area contributed by atoms with Crippen molar-refractivity contribution in [2.45, 2.75) is 19.8 Å². The second kappa shape index (κ2) is 7.47. The van der Waals surface area contributed by atoms with Crippen molar-refractivity contribution < 1.29 is 14.0 Å². The summed E-state index contributed by atoms with van der Waals surface area (Å²) >= 11 is 0. The van der Waals surface area contributed by atoms with Crippen LogP contribution in [0.3, 0.4) is 0 Å². The molecule has 0 aromatic heterocycles. The van der Waals surface area contributed by atoms with Crippen molar-refractivity contribution in [2.75, 3.05) is 18.4 Å². The minimum absolute atomic E-state index is 0.00737. The van der Waals surface area contributed by atoms with Gasteiger partial charge in [-0.2, -0.15) is 0 Å². The van der Waals surface area contributed by atoms with Crippen LogP contribution >= 0.6 is 0 Å². The summed E-state index contributed by atoms with van der Waals surface area (Å²) in [6, 6.07) is 14.2. The first-order valence-corrected chi connectivity index (χ1v) is 8.41. The zero-order valence-corrected chi connectivity index (χ0v) is 14.2. The van der Waals surface area contributed by atoms with Gasteiger partial charge in [0.15, 0.2) is 0 Å². The van der Waals surface area contributed by atoms with Gasteiger partial charge in [0.1, 0.15) is 5.82 Å². The summed E-state index contributed by atoms with van der Waals surface area (Å²) in [5.41, 5.74) is 2.42. The van der Waals surface area contributed by atoms with Crippen LogP contribution in [0.2, 0.25) is 0 Å². The normalized spacial score (nSPS) is 17.0. The SMILES string of the molecule is Cc1ccc(F)cc1NC(=O)[C@@H]1CC(=O)N(CCc2ccccc2)C1. The van der Waals surface area contributed by atoms with Gasteiger partial charge >= 0.3 is 0 Å². The first-order valence-electron chi connectivity index (χ1n) is 8.41. The van der Waals surface area contributed by atoms with Crippen molar-refractivity contribution in [1.29, 1.82) is 0 Å². The quantitative estimate of drug-likeness (QED) is 0.909. The van der Waals surface area contributed by atoms with E-state index in [0.29, 0.717) is 18.8 Å². The Balaban J connectivity index is 1.58. The number of hydrogen-bond acceptors (Lipinski definition) is 2. The Hall–Kier alpha value is -2.69. The number of benzene rings is 2. The molecule has 1 N–H and O–H groups in total. The molecule has 0 bridgehead atoms. The van der Waals surface area contributed by atoms with Gasteiger partial charge in [-0.05, 0) is 36.6 Å². The van der Waals surface area contributed by atoms with Crippen LogP contribution in [0, 0.1) is 18.7 Å². The lowest BCUT2D eigenvalue weighted by molar-refractivity contribution is -0.128. The minimum Gasteiger partial charge on any atom is -0.342 e. The van der Waals surface area contributed by atoms with Crippen LogP contribution in [0.15, 0.2) is 48.5 Å². The molecule has 0 aliphatic carbocycles. The van der Waals surface area contributed by atoms with Crippen LogP contribution in [0.4, 0.5) is 10.1 Å². The summed E-state index contributed by atoms with van der Waals surface area (Å²) in [7, 11) is 0. The Morgan fingerprint density at radius 1 is 1.24 bits per heavy atom. The topological polar surface area (TPSA) is 49.4 Å². The number of anilines is 1. The molecule has 1 fully saturated rings. The molecule has 1 atom stereocenters. The van der Waals surface area contributed by atoms with Crippen LogP contribution in [0.1, 0.15) is 17.5 Å². The van der Waals surface area contributed by atoms with Gasteiger partial charge < -0.3 is 10.2 Å². The number of amides is 2. The van der Waals surface area contributed by atoms with Crippen molar-refractivity contribution in [3.05, 3.63) is 65.5 Å². The molecule has 2 amide bonds. The number of hydrogen-bond donors (Lipinski definition) is 1. The summed E-state index contributed by atoms with van der Waals surface area (Å²) in [5.74, 6) is -1.03. The molecule has 1 saturated heterocycles. The number of nitrogens with one attached hydrogen (secondary N) is 1. The molecule has 1 aliphatic heterocycles. The second-order valence-electron chi connectivity index (χ2n) is 6.42. The lowest BCUT2D eigenvalue weighted by Gasteiger charge is -2.17. The van der Waals surface area contributed by atoms with E-state index in [-0.39, 0.29) is 18.2 Å². The minimum atomic E-state index is -0.397. The van der Waals surface area contributed by atoms with Crippen molar-refractivity contribution in [1.82, 2.24) is 4.90 Å². The number of carbonyl (C=O) groups excluding carboxylic acids is 2. The van der Waals surface area contributed by atoms with E-state index in [1.165, 1.54) is 17.7 Å². The Morgan fingerprint density at radius 3 is 2.76 bits per heavy atom. The molecule has 3 rings (SSSR count). The number of halogens is 1. The number of aryl methyl sites for hydroxylation is 1. The Labute approximate surface area is 146 Å². The van der Waals surface area contributed by atoms with Crippen LogP contribution in [-0.2, 0) is 16.0 Å². The van der Waals surface area contributed by atoms with Gasteiger partial charge in [0.05, 0.1) is 5.92 Å². The summed E-state index contributed by atoms with van der Waals surface area (Å²) in [4.78, 5) is 26.3. The fraction of sp³-hybridized carbons (Fsp3) is 0.300. The predicted octanol–water partition coefficient (Wildman–Crippen LogP) is 3.16. The molecule has 0 unspecified atom stereocenters. The molecule has 1 aliphatic rings. The third-order valence-electron chi connectivity index (χ3n) is 4.56. The highest BCUT2D eigenvalue weighted by Gasteiger charge is 2.34. The van der Waals surface area contributed by atoms with E-state index in [9.17, 15) is 14.0 Å². The van der Waals surface area contributed by atoms with Crippen LogP contribution in [-0.4, -0.2) is 29.8 Å². The summed E-state index contributed by atoms with van der Waals surface area (Å²) in [6.07, 6.45) is 0.971. The Bertz CT molecular complexity index is 777. The van der Waals surface area contributed by atoms with E-state index >= 15 is 0 Å². The maximum absolute atomic E-state index is 13.3. The molecule has 5 heteroatoms. The first kappa shape index (κ1) is 17.1. The molecule has 0 radical (unpaired) electrons. The smallest absolute Gasteiger partial charge is 0.229 e. The van der Waals surface area contributed by atoms with E-state index in [2.05, 4.69) is 5.32 Å². The Morgan fingerprint density at radius 2 is 2.00 bits per heavy atom. The average molecular weight is 340 g/mol. The molecular formula is C20H21FN2O2. The third kappa shape index (κ3) is 4.24. The van der Waals surface area contributed by atoms with Gasteiger partial charge in [0.25, 0.3) is 0 Å². The van der Waals surface area contributed by atoms with Crippen LogP contribution < -0.4 is 5.32 Å². The van der Waals surface area contributed by atoms with E-state index in [4.69, 9.17) is 0 Å².